The van der Waals surface area contributed by atoms with Gasteiger partial charge in [-0.2, -0.15) is 0 Å². The summed E-state index contributed by atoms with van der Waals surface area (Å²) in [5.41, 5.74) is 2.48. The number of benzene rings is 2. The molecule has 4 nitrogen and oxygen atoms in total. The molecule has 1 amide bonds. The smallest absolute Gasteiger partial charge is 0.257 e. The SMILES string of the molecule is Cc1ccc(C(=O)Nc2nc(COc3ccc(Cl)cc3)cs2)cc1. The number of anilines is 1. The molecular formula is C18H15ClN2O2S. The molecule has 0 fully saturated rings. The number of thiazole rings is 1. The van der Waals surface area contributed by atoms with E-state index in [4.69, 9.17) is 16.3 Å². The molecule has 1 aromatic heterocycles. The summed E-state index contributed by atoms with van der Waals surface area (Å²) in [7, 11) is 0. The molecule has 0 unspecified atom stereocenters. The molecule has 1 N–H and O–H groups in total. The fraction of sp³-hybridized carbons (Fsp3) is 0.111. The first-order valence-corrected chi connectivity index (χ1v) is 8.57. The highest BCUT2D eigenvalue weighted by Crippen LogP contribution is 2.20. The summed E-state index contributed by atoms with van der Waals surface area (Å²) in [4.78, 5) is 16.5. The molecule has 0 spiro atoms. The summed E-state index contributed by atoms with van der Waals surface area (Å²) in [5, 5.41) is 5.88. The molecule has 0 aliphatic heterocycles. The van der Waals surface area contributed by atoms with Crippen LogP contribution in [0.3, 0.4) is 0 Å². The van der Waals surface area contributed by atoms with Crippen LogP contribution in [0.15, 0.2) is 53.9 Å². The van der Waals surface area contributed by atoms with Crippen molar-refractivity contribution in [3.63, 3.8) is 0 Å². The van der Waals surface area contributed by atoms with Gasteiger partial charge in [0.2, 0.25) is 0 Å². The number of hydrogen-bond acceptors (Lipinski definition) is 4. The Morgan fingerprint density at radius 3 is 2.58 bits per heavy atom. The minimum atomic E-state index is -0.172. The molecule has 0 saturated carbocycles. The van der Waals surface area contributed by atoms with Gasteiger partial charge in [0.15, 0.2) is 5.13 Å². The molecular weight excluding hydrogens is 344 g/mol. The average molecular weight is 359 g/mol. The second-order valence-corrected chi connectivity index (χ2v) is 6.50. The van der Waals surface area contributed by atoms with Gasteiger partial charge in [0, 0.05) is 16.0 Å². The van der Waals surface area contributed by atoms with Crippen LogP contribution < -0.4 is 10.1 Å². The average Bonchev–Trinajstić information content (AvgIpc) is 3.02. The number of rotatable bonds is 5. The number of carbonyl (C=O) groups is 1. The first-order chi connectivity index (χ1) is 11.6. The van der Waals surface area contributed by atoms with Gasteiger partial charge in [-0.1, -0.05) is 29.3 Å². The van der Waals surface area contributed by atoms with Crippen LogP contribution in [0.25, 0.3) is 0 Å². The topological polar surface area (TPSA) is 51.2 Å². The predicted molar refractivity (Wildman–Crippen MR) is 97.0 cm³/mol. The Labute approximate surface area is 149 Å². The molecule has 3 rings (SSSR count). The van der Waals surface area contributed by atoms with Crippen LogP contribution in [0.4, 0.5) is 5.13 Å². The van der Waals surface area contributed by atoms with Crippen LogP contribution >= 0.6 is 22.9 Å². The lowest BCUT2D eigenvalue weighted by molar-refractivity contribution is 0.102. The van der Waals surface area contributed by atoms with E-state index >= 15 is 0 Å². The van der Waals surface area contributed by atoms with Crippen LogP contribution in [-0.4, -0.2) is 10.9 Å². The molecule has 0 radical (unpaired) electrons. The third-order valence-corrected chi connectivity index (χ3v) is 4.34. The van der Waals surface area contributed by atoms with Crippen molar-refractivity contribution in [2.24, 2.45) is 0 Å². The third kappa shape index (κ3) is 4.34. The van der Waals surface area contributed by atoms with E-state index in [9.17, 15) is 4.79 Å². The standard InChI is InChI=1S/C18H15ClN2O2S/c1-12-2-4-13(5-3-12)17(22)21-18-20-15(11-24-18)10-23-16-8-6-14(19)7-9-16/h2-9,11H,10H2,1H3,(H,20,21,22). The van der Waals surface area contributed by atoms with E-state index in [0.29, 0.717) is 22.3 Å². The van der Waals surface area contributed by atoms with Crippen LogP contribution in [0.2, 0.25) is 5.02 Å². The summed E-state index contributed by atoms with van der Waals surface area (Å²) < 4.78 is 5.64. The Kier molecular flexibility index (Phi) is 5.13. The summed E-state index contributed by atoms with van der Waals surface area (Å²) in [6.07, 6.45) is 0. The highest BCUT2D eigenvalue weighted by Gasteiger charge is 2.09. The maximum absolute atomic E-state index is 12.2. The predicted octanol–water partition coefficient (Wildman–Crippen LogP) is 4.94. The first kappa shape index (κ1) is 16.5. The monoisotopic (exact) mass is 358 g/mol. The van der Waals surface area contributed by atoms with E-state index in [1.54, 1.807) is 36.4 Å². The van der Waals surface area contributed by atoms with Gasteiger partial charge in [-0.3, -0.25) is 10.1 Å². The van der Waals surface area contributed by atoms with Crippen molar-refractivity contribution in [3.05, 3.63) is 75.8 Å². The van der Waals surface area contributed by atoms with Gasteiger partial charge >= 0.3 is 0 Å². The van der Waals surface area contributed by atoms with Crippen molar-refractivity contribution in [2.75, 3.05) is 5.32 Å². The molecule has 1 heterocycles. The number of nitrogens with zero attached hydrogens (tertiary/aromatic N) is 1. The zero-order chi connectivity index (χ0) is 16.9. The first-order valence-electron chi connectivity index (χ1n) is 7.31. The summed E-state index contributed by atoms with van der Waals surface area (Å²) >= 11 is 7.20. The van der Waals surface area contributed by atoms with Crippen molar-refractivity contribution in [1.29, 1.82) is 0 Å². The number of halogens is 1. The maximum Gasteiger partial charge on any atom is 0.257 e. The highest BCUT2D eigenvalue weighted by atomic mass is 35.5. The summed E-state index contributed by atoms with van der Waals surface area (Å²) in [5.74, 6) is 0.548. The molecule has 0 aliphatic rings. The number of aryl methyl sites for hydroxylation is 1. The minimum Gasteiger partial charge on any atom is -0.487 e. The fourth-order valence-electron chi connectivity index (χ4n) is 1.99. The van der Waals surface area contributed by atoms with Gasteiger partial charge in [-0.05, 0) is 43.3 Å². The van der Waals surface area contributed by atoms with Crippen molar-refractivity contribution in [3.8, 4) is 5.75 Å². The molecule has 0 atom stereocenters. The molecule has 6 heteroatoms. The number of amides is 1. The fourth-order valence-corrected chi connectivity index (χ4v) is 2.81. The van der Waals surface area contributed by atoms with Crippen LogP contribution in [-0.2, 0) is 6.61 Å². The summed E-state index contributed by atoms with van der Waals surface area (Å²) in [6.45, 7) is 2.31. The van der Waals surface area contributed by atoms with Crippen molar-refractivity contribution in [2.45, 2.75) is 13.5 Å². The lowest BCUT2D eigenvalue weighted by Gasteiger charge is -2.04. The van der Waals surface area contributed by atoms with E-state index in [2.05, 4.69) is 10.3 Å². The molecule has 2 aromatic carbocycles. The molecule has 3 aromatic rings. The van der Waals surface area contributed by atoms with Crippen molar-refractivity contribution >= 4 is 34.0 Å². The largest absolute Gasteiger partial charge is 0.487 e. The highest BCUT2D eigenvalue weighted by molar-refractivity contribution is 7.13. The van der Waals surface area contributed by atoms with Gasteiger partial charge in [-0.25, -0.2) is 4.98 Å². The van der Waals surface area contributed by atoms with E-state index in [1.165, 1.54) is 11.3 Å². The van der Waals surface area contributed by atoms with Crippen molar-refractivity contribution in [1.82, 2.24) is 4.98 Å². The molecule has 24 heavy (non-hydrogen) atoms. The molecule has 0 bridgehead atoms. The third-order valence-electron chi connectivity index (χ3n) is 3.29. The maximum atomic E-state index is 12.2. The quantitative estimate of drug-likeness (QED) is 0.703. The number of aromatic nitrogens is 1. The second kappa shape index (κ2) is 7.47. The van der Waals surface area contributed by atoms with Crippen molar-refractivity contribution < 1.29 is 9.53 Å². The van der Waals surface area contributed by atoms with Crippen LogP contribution in [0, 0.1) is 6.92 Å². The number of carbonyl (C=O) groups excluding carboxylic acids is 1. The number of ether oxygens (including phenoxy) is 1. The van der Waals surface area contributed by atoms with Gasteiger partial charge in [-0.15, -0.1) is 11.3 Å². The van der Waals surface area contributed by atoms with E-state index in [1.807, 2.05) is 24.4 Å². The normalized spacial score (nSPS) is 10.4. The zero-order valence-corrected chi connectivity index (χ0v) is 14.5. The Morgan fingerprint density at radius 1 is 1.17 bits per heavy atom. The van der Waals surface area contributed by atoms with Gasteiger partial charge in [0.05, 0.1) is 5.69 Å². The van der Waals surface area contributed by atoms with E-state index < -0.39 is 0 Å². The van der Waals surface area contributed by atoms with E-state index in [-0.39, 0.29) is 5.91 Å². The van der Waals surface area contributed by atoms with Gasteiger partial charge in [0.1, 0.15) is 12.4 Å². The van der Waals surface area contributed by atoms with Crippen LogP contribution in [0.1, 0.15) is 21.6 Å². The lowest BCUT2D eigenvalue weighted by Crippen LogP contribution is -2.11. The molecule has 122 valence electrons. The Balaban J connectivity index is 1.58. The zero-order valence-electron chi connectivity index (χ0n) is 13.0. The Morgan fingerprint density at radius 2 is 1.88 bits per heavy atom. The number of nitrogens with one attached hydrogen (secondary N) is 1. The number of hydrogen-bond donors (Lipinski definition) is 1. The van der Waals surface area contributed by atoms with Gasteiger partial charge in [0.25, 0.3) is 5.91 Å². The molecule has 0 saturated heterocycles. The Bertz CT molecular complexity index is 829. The van der Waals surface area contributed by atoms with E-state index in [0.717, 1.165) is 17.0 Å². The summed E-state index contributed by atoms with van der Waals surface area (Å²) in [6, 6.07) is 14.5. The second-order valence-electron chi connectivity index (χ2n) is 5.21. The van der Waals surface area contributed by atoms with Gasteiger partial charge < -0.3 is 4.74 Å². The Hall–Kier alpha value is -2.37. The van der Waals surface area contributed by atoms with Crippen LogP contribution in [0.5, 0.6) is 5.75 Å². The molecule has 0 aliphatic carbocycles. The lowest BCUT2D eigenvalue weighted by atomic mass is 10.1. The minimum absolute atomic E-state index is 0.172.